The maximum Gasteiger partial charge on any atom is 0.416 e. The molecule has 1 atom stereocenters. The number of nitrogens with two attached hydrogens (primary N) is 1. The second-order valence-corrected chi connectivity index (χ2v) is 10.0. The average Bonchev–Trinajstić information content (AvgIpc) is 3.14. The molecule has 3 amide bonds. The van der Waals surface area contributed by atoms with Crippen LogP contribution in [0, 0.1) is 12.3 Å². The van der Waals surface area contributed by atoms with Crippen LogP contribution in [-0.2, 0) is 22.3 Å². The Labute approximate surface area is 200 Å². The number of amides is 3. The van der Waals surface area contributed by atoms with Crippen LogP contribution >= 0.6 is 11.3 Å². The van der Waals surface area contributed by atoms with Gasteiger partial charge in [-0.3, -0.25) is 14.4 Å². The van der Waals surface area contributed by atoms with Crippen molar-refractivity contribution in [2.75, 3.05) is 13.1 Å². The Hall–Kier alpha value is -2.92. The molecule has 1 unspecified atom stereocenters. The number of benzene rings is 1. The molecule has 0 spiro atoms. The van der Waals surface area contributed by atoms with Crippen LogP contribution in [0.1, 0.15) is 47.1 Å². The molecule has 1 aromatic heterocycles. The summed E-state index contributed by atoms with van der Waals surface area (Å²) in [6, 6.07) is 5.87. The molecule has 1 heterocycles. The molecular weight excluding hydrogens is 469 g/mol. The smallest absolute Gasteiger partial charge is 0.368 e. The molecule has 2 rings (SSSR count). The molecule has 2 aromatic rings. The van der Waals surface area contributed by atoms with Gasteiger partial charge < -0.3 is 21.7 Å². The maximum absolute atomic E-state index is 12.9. The van der Waals surface area contributed by atoms with Crippen LogP contribution in [0.5, 0.6) is 0 Å². The normalized spacial score (nSPS) is 13.7. The lowest BCUT2D eigenvalue weighted by Gasteiger charge is -2.43. The minimum Gasteiger partial charge on any atom is -0.368 e. The highest BCUT2D eigenvalue weighted by Gasteiger charge is 2.48. The van der Waals surface area contributed by atoms with E-state index in [2.05, 4.69) is 16.0 Å². The number of rotatable bonds is 9. The van der Waals surface area contributed by atoms with Crippen molar-refractivity contribution in [1.29, 1.82) is 0 Å². The van der Waals surface area contributed by atoms with Crippen molar-refractivity contribution in [2.24, 2.45) is 11.1 Å². The number of carbonyl (C=O) groups is 3. The summed E-state index contributed by atoms with van der Waals surface area (Å²) in [5.74, 6) is -2.32. The number of nitrogens with one attached hydrogen (secondary N) is 3. The van der Waals surface area contributed by atoms with Crippen LogP contribution in [-0.4, -0.2) is 36.3 Å². The Morgan fingerprint density at radius 2 is 1.76 bits per heavy atom. The minimum absolute atomic E-state index is 0.0378. The van der Waals surface area contributed by atoms with Gasteiger partial charge in [0, 0.05) is 23.5 Å². The Bertz CT molecular complexity index is 1050. The predicted octanol–water partition coefficient (Wildman–Crippen LogP) is 2.98. The van der Waals surface area contributed by atoms with Crippen LogP contribution in [0.3, 0.4) is 0 Å². The van der Waals surface area contributed by atoms with Crippen LogP contribution in [0.15, 0.2) is 35.7 Å². The van der Waals surface area contributed by atoms with E-state index in [4.69, 9.17) is 5.73 Å². The number of carbonyl (C=O) groups excluding carboxylic acids is 3. The van der Waals surface area contributed by atoms with Gasteiger partial charge in [-0.1, -0.05) is 26.8 Å². The monoisotopic (exact) mass is 498 g/mol. The molecule has 0 saturated heterocycles. The molecule has 7 nitrogen and oxygen atoms in total. The van der Waals surface area contributed by atoms with Gasteiger partial charge >= 0.3 is 6.18 Å². The number of thiophene rings is 1. The number of aryl methyl sites for hydroxylation is 1. The molecule has 34 heavy (non-hydrogen) atoms. The first kappa shape index (κ1) is 27.3. The summed E-state index contributed by atoms with van der Waals surface area (Å²) >= 11 is 1.56. The number of alkyl halides is 3. The fraction of sp³-hybridized carbons (Fsp3) is 0.435. The van der Waals surface area contributed by atoms with Gasteiger partial charge in [0.1, 0.15) is 5.54 Å². The van der Waals surface area contributed by atoms with Gasteiger partial charge in [-0.2, -0.15) is 13.2 Å². The highest BCUT2D eigenvalue weighted by molar-refractivity contribution is 7.10. The van der Waals surface area contributed by atoms with Crippen molar-refractivity contribution in [3.8, 4) is 0 Å². The van der Waals surface area contributed by atoms with Gasteiger partial charge in [-0.05, 0) is 47.5 Å². The highest BCUT2D eigenvalue weighted by atomic mass is 32.1. The zero-order chi connectivity index (χ0) is 25.7. The average molecular weight is 499 g/mol. The zero-order valence-electron chi connectivity index (χ0n) is 19.4. The van der Waals surface area contributed by atoms with E-state index in [-0.39, 0.29) is 12.1 Å². The SMILES string of the molecule is Cc1csc(CNCC(NC(=O)CNC(=O)c2cccc(C(F)(F)F)c2)(C(N)=O)C(C)(C)C)c1. The minimum atomic E-state index is -4.60. The van der Waals surface area contributed by atoms with E-state index in [1.807, 2.05) is 18.4 Å². The van der Waals surface area contributed by atoms with Crippen LogP contribution in [0.2, 0.25) is 0 Å². The van der Waals surface area contributed by atoms with E-state index in [1.165, 1.54) is 6.07 Å². The quantitative estimate of drug-likeness (QED) is 0.426. The lowest BCUT2D eigenvalue weighted by atomic mass is 9.72. The third-order valence-corrected chi connectivity index (χ3v) is 6.44. The second kappa shape index (κ2) is 10.6. The molecule has 1 aromatic carbocycles. The second-order valence-electron chi connectivity index (χ2n) is 9.02. The summed E-state index contributed by atoms with van der Waals surface area (Å²) in [4.78, 5) is 38.5. The van der Waals surface area contributed by atoms with Gasteiger partial charge in [-0.15, -0.1) is 11.3 Å². The third-order valence-electron chi connectivity index (χ3n) is 5.39. The fourth-order valence-electron chi connectivity index (χ4n) is 3.35. The topological polar surface area (TPSA) is 113 Å². The largest absolute Gasteiger partial charge is 0.416 e. The summed E-state index contributed by atoms with van der Waals surface area (Å²) in [5, 5.41) is 10.1. The molecular formula is C23H29F3N4O3S. The molecule has 0 fully saturated rings. The molecule has 0 saturated carbocycles. The molecule has 0 radical (unpaired) electrons. The van der Waals surface area contributed by atoms with Gasteiger partial charge in [0.15, 0.2) is 0 Å². The zero-order valence-corrected chi connectivity index (χ0v) is 20.2. The molecule has 0 aliphatic rings. The molecule has 5 N–H and O–H groups in total. The summed E-state index contributed by atoms with van der Waals surface area (Å²) < 4.78 is 38.7. The van der Waals surface area contributed by atoms with Crippen molar-refractivity contribution < 1.29 is 27.6 Å². The molecule has 0 bridgehead atoms. The van der Waals surface area contributed by atoms with E-state index in [9.17, 15) is 27.6 Å². The van der Waals surface area contributed by atoms with Gasteiger partial charge in [0.2, 0.25) is 11.8 Å². The van der Waals surface area contributed by atoms with Crippen LogP contribution < -0.4 is 21.7 Å². The van der Waals surface area contributed by atoms with Gasteiger partial charge in [0.25, 0.3) is 5.91 Å². The van der Waals surface area contributed by atoms with Gasteiger partial charge in [0.05, 0.1) is 12.1 Å². The van der Waals surface area contributed by atoms with E-state index in [1.54, 1.807) is 32.1 Å². The third kappa shape index (κ3) is 6.80. The highest BCUT2D eigenvalue weighted by Crippen LogP contribution is 2.31. The Balaban J connectivity index is 2.08. The first-order valence-electron chi connectivity index (χ1n) is 10.5. The van der Waals surface area contributed by atoms with Crippen molar-refractivity contribution >= 4 is 29.1 Å². The number of halogens is 3. The lowest BCUT2D eigenvalue weighted by molar-refractivity contribution is -0.137. The van der Waals surface area contributed by atoms with Crippen LogP contribution in [0.25, 0.3) is 0 Å². The summed E-state index contributed by atoms with van der Waals surface area (Å²) in [6.45, 7) is 7.16. The first-order valence-corrected chi connectivity index (χ1v) is 11.3. The van der Waals surface area contributed by atoms with Gasteiger partial charge in [-0.25, -0.2) is 0 Å². The van der Waals surface area contributed by atoms with Crippen molar-refractivity contribution in [3.05, 3.63) is 57.3 Å². The van der Waals surface area contributed by atoms with Crippen molar-refractivity contribution in [3.63, 3.8) is 0 Å². The summed E-state index contributed by atoms with van der Waals surface area (Å²) in [6.07, 6.45) is -4.60. The number of hydrogen-bond donors (Lipinski definition) is 4. The molecule has 0 aliphatic heterocycles. The van der Waals surface area contributed by atoms with E-state index in [0.717, 1.165) is 22.6 Å². The van der Waals surface area contributed by atoms with Crippen molar-refractivity contribution in [2.45, 2.75) is 46.0 Å². The fourth-order valence-corrected chi connectivity index (χ4v) is 4.20. The summed E-state index contributed by atoms with van der Waals surface area (Å²) in [5.41, 5.74) is 3.32. The summed E-state index contributed by atoms with van der Waals surface area (Å²) in [7, 11) is 0. The lowest BCUT2D eigenvalue weighted by Crippen LogP contribution is -2.69. The molecule has 0 aliphatic carbocycles. The van der Waals surface area contributed by atoms with Crippen molar-refractivity contribution in [1.82, 2.24) is 16.0 Å². The maximum atomic E-state index is 12.9. The van der Waals surface area contributed by atoms with E-state index < -0.39 is 47.0 Å². The molecule has 11 heteroatoms. The standard InChI is InChI=1S/C23H29F3N4O3S/c1-14-8-17(34-12-14)10-28-13-22(20(27)33,21(2,3)4)30-18(31)11-29-19(32)15-6-5-7-16(9-15)23(24,25)26/h5-9,12,28H,10-11,13H2,1-4H3,(H2,27,33)(H,29,32)(H,30,31). The van der Waals surface area contributed by atoms with Crippen LogP contribution in [0.4, 0.5) is 13.2 Å². The number of hydrogen-bond acceptors (Lipinski definition) is 5. The Kier molecular flexibility index (Phi) is 8.49. The predicted molar refractivity (Wildman–Crippen MR) is 124 cm³/mol. The number of primary amides is 1. The molecule has 186 valence electrons. The van der Waals surface area contributed by atoms with E-state index in [0.29, 0.717) is 12.6 Å². The Morgan fingerprint density at radius 1 is 1.09 bits per heavy atom. The first-order chi connectivity index (χ1) is 15.7. The Morgan fingerprint density at radius 3 is 2.29 bits per heavy atom. The van der Waals surface area contributed by atoms with E-state index >= 15 is 0 Å².